The lowest BCUT2D eigenvalue weighted by Crippen LogP contribution is -2.47. The molecule has 0 amide bonds. The van der Waals surface area contributed by atoms with Gasteiger partial charge in [-0.15, -0.1) is 0 Å². The minimum Gasteiger partial charge on any atom is -0.465 e. The third-order valence-corrected chi connectivity index (χ3v) is 7.91. The van der Waals surface area contributed by atoms with Crippen molar-refractivity contribution in [3.05, 3.63) is 0 Å². The lowest BCUT2D eigenvalue weighted by molar-refractivity contribution is -0.171. The van der Waals surface area contributed by atoms with Gasteiger partial charge in [-0.25, -0.2) is 0 Å². The van der Waals surface area contributed by atoms with Crippen molar-refractivity contribution < 1.29 is 61.9 Å². The Morgan fingerprint density at radius 2 is 0.580 bits per heavy atom. The van der Waals surface area contributed by atoms with Crippen LogP contribution >= 0.6 is 75.8 Å². The third kappa shape index (κ3) is 24.6. The standard InChI is InChI=1S/C31H52O13S6/c32-24(1-7-45)13-38-16-30(21-42-27(35)4-10-48,17-39-14-25(33)2-8-46)19-41-20-31(22-43-28(36)5-11-49,23-44-29(37)6-12-50)18-40-15-26(34)3-9-47/h45-50H,1-23H2. The van der Waals surface area contributed by atoms with Gasteiger partial charge in [0.2, 0.25) is 0 Å². The molecule has 19 heteroatoms. The molecule has 0 saturated heterocycles. The third-order valence-electron chi connectivity index (χ3n) is 6.57. The quantitative estimate of drug-likeness (QED) is 0.0319. The Morgan fingerprint density at radius 1 is 0.340 bits per heavy atom. The molecule has 50 heavy (non-hydrogen) atoms. The summed E-state index contributed by atoms with van der Waals surface area (Å²) in [5.74, 6) is -0.637. The maximum Gasteiger partial charge on any atom is 0.306 e. The van der Waals surface area contributed by atoms with Crippen LogP contribution in [0.15, 0.2) is 0 Å². The number of esters is 3. The van der Waals surface area contributed by atoms with Crippen LogP contribution in [0.2, 0.25) is 0 Å². The zero-order valence-corrected chi connectivity index (χ0v) is 33.6. The molecule has 0 rings (SSSR count). The minimum atomic E-state index is -1.30. The summed E-state index contributed by atoms with van der Waals surface area (Å²) in [5.41, 5.74) is -2.55. The molecule has 0 bridgehead atoms. The summed E-state index contributed by atoms with van der Waals surface area (Å²) in [5, 5.41) is 0. The average Bonchev–Trinajstić information content (AvgIpc) is 3.06. The smallest absolute Gasteiger partial charge is 0.306 e. The van der Waals surface area contributed by atoms with Gasteiger partial charge in [0.25, 0.3) is 0 Å². The first-order valence-corrected chi connectivity index (χ1v) is 19.7. The van der Waals surface area contributed by atoms with Crippen LogP contribution in [0.5, 0.6) is 0 Å². The van der Waals surface area contributed by atoms with E-state index in [2.05, 4.69) is 75.8 Å². The van der Waals surface area contributed by atoms with Gasteiger partial charge in [-0.3, -0.25) is 28.8 Å². The van der Waals surface area contributed by atoms with E-state index in [1.807, 2.05) is 0 Å². The van der Waals surface area contributed by atoms with Crippen molar-refractivity contribution in [2.24, 2.45) is 10.8 Å². The number of hydrogen-bond acceptors (Lipinski definition) is 19. The van der Waals surface area contributed by atoms with Gasteiger partial charge in [-0.05, 0) is 17.3 Å². The topological polar surface area (TPSA) is 167 Å². The number of carbonyl (C=O) groups is 6. The summed E-state index contributed by atoms with van der Waals surface area (Å²) in [6.07, 6.45) is 0.554. The van der Waals surface area contributed by atoms with Gasteiger partial charge < -0.3 is 33.2 Å². The van der Waals surface area contributed by atoms with Crippen LogP contribution in [0.3, 0.4) is 0 Å². The lowest BCUT2D eigenvalue weighted by atomic mass is 9.90. The Hall–Kier alpha value is -0.640. The van der Waals surface area contributed by atoms with E-state index < -0.39 is 28.7 Å². The predicted molar refractivity (Wildman–Crippen MR) is 207 cm³/mol. The maximum atomic E-state index is 12.4. The molecule has 0 radical (unpaired) electrons. The van der Waals surface area contributed by atoms with Crippen molar-refractivity contribution in [1.82, 2.24) is 0 Å². The predicted octanol–water partition coefficient (Wildman–Crippen LogP) is 2.28. The first kappa shape index (κ1) is 49.4. The highest BCUT2D eigenvalue weighted by molar-refractivity contribution is 7.81. The summed E-state index contributed by atoms with van der Waals surface area (Å²) in [7, 11) is 0. The number of carbonyl (C=O) groups excluding carboxylic acids is 6. The van der Waals surface area contributed by atoms with Crippen LogP contribution < -0.4 is 0 Å². The molecular formula is C31H52O13S6. The monoisotopic (exact) mass is 824 g/mol. The Labute approximate surface area is 327 Å². The van der Waals surface area contributed by atoms with Gasteiger partial charge >= 0.3 is 17.9 Å². The maximum absolute atomic E-state index is 12.4. The number of ketones is 3. The molecule has 0 aromatic heterocycles. The largest absolute Gasteiger partial charge is 0.465 e. The Kier molecular flexibility index (Phi) is 30.4. The first-order chi connectivity index (χ1) is 23.9. The van der Waals surface area contributed by atoms with E-state index in [1.165, 1.54) is 0 Å². The molecule has 0 aliphatic carbocycles. The van der Waals surface area contributed by atoms with E-state index in [0.29, 0.717) is 17.3 Å². The van der Waals surface area contributed by atoms with Gasteiger partial charge in [0, 0.05) is 36.5 Å². The molecule has 0 atom stereocenters. The second-order valence-electron chi connectivity index (χ2n) is 11.4. The van der Waals surface area contributed by atoms with E-state index in [1.54, 1.807) is 0 Å². The van der Waals surface area contributed by atoms with Gasteiger partial charge in [0.15, 0.2) is 17.3 Å². The van der Waals surface area contributed by atoms with Crippen molar-refractivity contribution in [2.45, 2.75) is 38.5 Å². The number of thiol groups is 6. The summed E-state index contributed by atoms with van der Waals surface area (Å²) in [6, 6.07) is 0. The second kappa shape index (κ2) is 30.8. The van der Waals surface area contributed by atoms with E-state index in [9.17, 15) is 28.8 Å². The SMILES string of the molecule is O=C(CCS)COCC(COCC(=O)CCS)(COCC(COCC(=O)CCS)(COC(=O)CCS)COC(=O)CCS)COC(=O)CCS. The average molecular weight is 825 g/mol. The number of ether oxygens (including phenoxy) is 7. The highest BCUT2D eigenvalue weighted by Gasteiger charge is 2.39. The summed E-state index contributed by atoms with van der Waals surface area (Å²) in [6.45, 7) is -2.77. The second-order valence-corrected chi connectivity index (χ2v) is 14.1. The molecule has 0 heterocycles. The minimum absolute atomic E-state index is 0.00803. The summed E-state index contributed by atoms with van der Waals surface area (Å²) in [4.78, 5) is 73.8. The van der Waals surface area contributed by atoms with Crippen molar-refractivity contribution in [2.75, 3.05) is 107 Å². The van der Waals surface area contributed by atoms with Gasteiger partial charge in [0.05, 0.1) is 63.1 Å². The Morgan fingerprint density at radius 3 is 0.840 bits per heavy atom. The first-order valence-electron chi connectivity index (χ1n) is 15.9. The number of Topliss-reactive ketones (excluding diaryl/α,β-unsaturated/α-hetero) is 3. The highest BCUT2D eigenvalue weighted by Crippen LogP contribution is 2.26. The van der Waals surface area contributed by atoms with Gasteiger partial charge in [0.1, 0.15) is 39.6 Å². The van der Waals surface area contributed by atoms with E-state index in [4.69, 9.17) is 33.2 Å². The number of hydrogen-bond donors (Lipinski definition) is 6. The zero-order chi connectivity index (χ0) is 37.7. The van der Waals surface area contributed by atoms with Crippen molar-refractivity contribution in [1.29, 1.82) is 0 Å². The fourth-order valence-corrected chi connectivity index (χ4v) is 5.21. The van der Waals surface area contributed by atoms with Gasteiger partial charge in [-0.1, -0.05) is 0 Å². The molecule has 0 N–H and O–H groups in total. The number of rotatable bonds is 34. The van der Waals surface area contributed by atoms with Crippen molar-refractivity contribution >= 4 is 111 Å². The lowest BCUT2D eigenvalue weighted by Gasteiger charge is -2.36. The van der Waals surface area contributed by atoms with Crippen LogP contribution in [-0.2, 0) is 61.9 Å². The fraction of sp³-hybridized carbons (Fsp3) is 0.806. The van der Waals surface area contributed by atoms with Crippen LogP contribution in [0.25, 0.3) is 0 Å². The van der Waals surface area contributed by atoms with E-state index >= 15 is 0 Å². The normalized spacial score (nSPS) is 11.6. The molecule has 0 spiro atoms. The molecule has 0 aromatic rings. The van der Waals surface area contributed by atoms with Crippen LogP contribution in [0.1, 0.15) is 38.5 Å². The Bertz CT molecular complexity index is 972. The zero-order valence-electron chi connectivity index (χ0n) is 28.3. The van der Waals surface area contributed by atoms with E-state index in [-0.39, 0.29) is 146 Å². The van der Waals surface area contributed by atoms with Crippen molar-refractivity contribution in [3.8, 4) is 0 Å². The molecule has 0 aliphatic heterocycles. The van der Waals surface area contributed by atoms with Crippen molar-refractivity contribution in [3.63, 3.8) is 0 Å². The highest BCUT2D eigenvalue weighted by atomic mass is 32.1. The van der Waals surface area contributed by atoms with E-state index in [0.717, 1.165) is 0 Å². The molecule has 13 nitrogen and oxygen atoms in total. The molecule has 0 aliphatic rings. The molecular weight excluding hydrogens is 773 g/mol. The molecule has 0 fully saturated rings. The summed E-state index contributed by atoms with van der Waals surface area (Å²) >= 11 is 24.5. The molecule has 290 valence electrons. The van der Waals surface area contributed by atoms with Crippen LogP contribution in [0.4, 0.5) is 0 Å². The fourth-order valence-electron chi connectivity index (χ4n) is 3.91. The molecule has 0 unspecified atom stereocenters. The summed E-state index contributed by atoms with van der Waals surface area (Å²) < 4.78 is 40.0. The Balaban J connectivity index is 6.45. The van der Waals surface area contributed by atoms with Gasteiger partial charge in [-0.2, -0.15) is 75.8 Å². The molecule has 0 saturated carbocycles. The molecule has 0 aromatic carbocycles. The van der Waals surface area contributed by atoms with Crippen LogP contribution in [-0.4, -0.2) is 142 Å². The van der Waals surface area contributed by atoms with Crippen LogP contribution in [0, 0.1) is 10.8 Å².